The van der Waals surface area contributed by atoms with Crippen molar-refractivity contribution < 1.29 is 4.79 Å². The number of aryl methyl sites for hydroxylation is 1. The maximum absolute atomic E-state index is 11.9. The summed E-state index contributed by atoms with van der Waals surface area (Å²) >= 11 is 0. The molecule has 1 unspecified atom stereocenters. The first-order chi connectivity index (χ1) is 8.72. The molecule has 8 nitrogen and oxygen atoms in total. The number of hydrogen-bond acceptors (Lipinski definition) is 6. The van der Waals surface area contributed by atoms with Crippen LogP contribution >= 0.6 is 0 Å². The quantitative estimate of drug-likeness (QED) is 0.677. The third-order valence-corrected chi connectivity index (χ3v) is 3.12. The minimum absolute atomic E-state index is 0.0120. The van der Waals surface area contributed by atoms with E-state index in [2.05, 4.69) is 25.7 Å². The van der Waals surface area contributed by atoms with Crippen molar-refractivity contribution in [2.24, 2.45) is 18.7 Å². The molecule has 1 atom stereocenters. The molecule has 2 rings (SSSR count). The van der Waals surface area contributed by atoms with Crippen molar-refractivity contribution in [1.29, 1.82) is 0 Å². The van der Waals surface area contributed by atoms with Crippen LogP contribution in [0.5, 0.6) is 0 Å². The summed E-state index contributed by atoms with van der Waals surface area (Å²) in [6.45, 7) is 2.54. The van der Waals surface area contributed by atoms with Crippen molar-refractivity contribution in [1.82, 2.24) is 25.5 Å². The number of nitrogens with zero attached hydrogens (tertiary/aromatic N) is 5. The molecule has 1 aromatic rings. The fourth-order valence-electron chi connectivity index (χ4n) is 2.21. The third kappa shape index (κ3) is 2.76. The smallest absolute Gasteiger partial charge is 0.245 e. The molecule has 100 valence electrons. The summed E-state index contributed by atoms with van der Waals surface area (Å²) in [5.74, 6) is 0.772. The zero-order chi connectivity index (χ0) is 13.0. The summed E-state index contributed by atoms with van der Waals surface area (Å²) in [5.41, 5.74) is 5.38. The number of aromatic nitrogens is 4. The number of nitrogens with two attached hydrogens (primary N) is 1. The molecular weight excluding hydrogens is 234 g/mol. The van der Waals surface area contributed by atoms with Crippen molar-refractivity contribution in [2.45, 2.75) is 12.8 Å². The zero-order valence-electron chi connectivity index (χ0n) is 10.5. The second-order valence-electron chi connectivity index (χ2n) is 4.47. The standard InChI is InChI=1S/C10H19N7O/c1-16-10(13-14-15-16)17-6-2-3-8(7-17)9(18)12-5-4-11/h8H,2-7,11H2,1H3,(H,12,18). The molecule has 3 N–H and O–H groups in total. The topological polar surface area (TPSA) is 102 Å². The lowest BCUT2D eigenvalue weighted by Crippen LogP contribution is -2.44. The molecule has 0 aromatic carbocycles. The van der Waals surface area contributed by atoms with E-state index in [1.165, 1.54) is 0 Å². The number of rotatable bonds is 4. The summed E-state index contributed by atoms with van der Waals surface area (Å²) in [7, 11) is 1.80. The summed E-state index contributed by atoms with van der Waals surface area (Å²) in [6.07, 6.45) is 1.87. The van der Waals surface area contributed by atoms with Crippen LogP contribution in [0.15, 0.2) is 0 Å². The van der Waals surface area contributed by atoms with Gasteiger partial charge in [-0.05, 0) is 23.3 Å². The van der Waals surface area contributed by atoms with Crippen LogP contribution in [-0.4, -0.2) is 52.3 Å². The Morgan fingerprint density at radius 1 is 1.61 bits per heavy atom. The van der Waals surface area contributed by atoms with E-state index in [9.17, 15) is 4.79 Å². The van der Waals surface area contributed by atoms with Gasteiger partial charge in [-0.25, -0.2) is 4.68 Å². The highest BCUT2D eigenvalue weighted by atomic mass is 16.1. The molecule has 1 amide bonds. The van der Waals surface area contributed by atoms with Gasteiger partial charge in [-0.3, -0.25) is 4.79 Å². The van der Waals surface area contributed by atoms with Crippen molar-refractivity contribution in [3.8, 4) is 0 Å². The van der Waals surface area contributed by atoms with Gasteiger partial charge in [0.05, 0.1) is 5.92 Å². The molecular formula is C10H19N7O. The number of tetrazole rings is 1. The highest BCUT2D eigenvalue weighted by Gasteiger charge is 2.27. The van der Waals surface area contributed by atoms with Gasteiger partial charge in [-0.2, -0.15) is 0 Å². The van der Waals surface area contributed by atoms with Crippen molar-refractivity contribution in [3.05, 3.63) is 0 Å². The van der Waals surface area contributed by atoms with Crippen molar-refractivity contribution in [2.75, 3.05) is 31.1 Å². The van der Waals surface area contributed by atoms with Gasteiger partial charge in [0.1, 0.15) is 0 Å². The van der Waals surface area contributed by atoms with E-state index in [4.69, 9.17) is 5.73 Å². The minimum Gasteiger partial charge on any atom is -0.355 e. The number of hydrogen-bond donors (Lipinski definition) is 2. The maximum atomic E-state index is 11.9. The molecule has 1 aliphatic heterocycles. The van der Waals surface area contributed by atoms with Gasteiger partial charge in [0.2, 0.25) is 11.9 Å². The lowest BCUT2D eigenvalue weighted by Gasteiger charge is -2.31. The Bertz CT molecular complexity index is 405. The first-order valence-electron chi connectivity index (χ1n) is 6.17. The molecule has 2 heterocycles. The Kier molecular flexibility index (Phi) is 4.08. The fraction of sp³-hybridized carbons (Fsp3) is 0.800. The fourth-order valence-corrected chi connectivity index (χ4v) is 2.21. The van der Waals surface area contributed by atoms with E-state index < -0.39 is 0 Å². The van der Waals surface area contributed by atoms with E-state index >= 15 is 0 Å². The van der Waals surface area contributed by atoms with Crippen LogP contribution in [0.25, 0.3) is 0 Å². The monoisotopic (exact) mass is 253 g/mol. The van der Waals surface area contributed by atoms with Crippen LogP contribution in [-0.2, 0) is 11.8 Å². The number of piperidine rings is 1. The Morgan fingerprint density at radius 3 is 3.11 bits per heavy atom. The third-order valence-electron chi connectivity index (χ3n) is 3.12. The Balaban J connectivity index is 1.96. The van der Waals surface area contributed by atoms with Gasteiger partial charge < -0.3 is 16.0 Å². The van der Waals surface area contributed by atoms with Gasteiger partial charge in [0.15, 0.2) is 0 Å². The molecule has 8 heteroatoms. The molecule has 0 radical (unpaired) electrons. The minimum atomic E-state index is -0.0120. The van der Waals surface area contributed by atoms with Crippen LogP contribution in [0, 0.1) is 5.92 Å². The molecule has 1 aromatic heterocycles. The number of nitrogens with one attached hydrogen (secondary N) is 1. The molecule has 1 aliphatic rings. The molecule has 0 bridgehead atoms. The van der Waals surface area contributed by atoms with Crippen LogP contribution in [0.3, 0.4) is 0 Å². The number of carbonyl (C=O) groups is 1. The van der Waals surface area contributed by atoms with E-state index in [0.717, 1.165) is 19.4 Å². The van der Waals surface area contributed by atoms with Crippen LogP contribution in [0.1, 0.15) is 12.8 Å². The predicted molar refractivity (Wildman–Crippen MR) is 65.8 cm³/mol. The van der Waals surface area contributed by atoms with Crippen LogP contribution < -0.4 is 16.0 Å². The van der Waals surface area contributed by atoms with Crippen molar-refractivity contribution >= 4 is 11.9 Å². The summed E-state index contributed by atoms with van der Waals surface area (Å²) < 4.78 is 1.63. The Labute approximate surface area is 106 Å². The summed E-state index contributed by atoms with van der Waals surface area (Å²) in [5, 5.41) is 14.2. The number of carbonyl (C=O) groups excluding carboxylic acids is 1. The van der Waals surface area contributed by atoms with Gasteiger partial charge >= 0.3 is 0 Å². The lowest BCUT2D eigenvalue weighted by molar-refractivity contribution is -0.125. The molecule has 0 aliphatic carbocycles. The molecule has 1 saturated heterocycles. The second kappa shape index (κ2) is 5.76. The molecule has 0 spiro atoms. The average Bonchev–Trinajstić information content (AvgIpc) is 2.82. The van der Waals surface area contributed by atoms with Gasteiger partial charge in [0.25, 0.3) is 0 Å². The number of amides is 1. The van der Waals surface area contributed by atoms with Gasteiger partial charge in [-0.1, -0.05) is 5.10 Å². The summed E-state index contributed by atoms with van der Waals surface area (Å²) in [6, 6.07) is 0. The first-order valence-corrected chi connectivity index (χ1v) is 6.17. The largest absolute Gasteiger partial charge is 0.355 e. The lowest BCUT2D eigenvalue weighted by atomic mass is 9.97. The second-order valence-corrected chi connectivity index (χ2v) is 4.47. The number of anilines is 1. The molecule has 0 saturated carbocycles. The summed E-state index contributed by atoms with van der Waals surface area (Å²) in [4.78, 5) is 14.0. The van der Waals surface area contributed by atoms with E-state index in [1.807, 2.05) is 0 Å². The SMILES string of the molecule is Cn1nnnc1N1CCCC(C(=O)NCCN)C1. The molecule has 1 fully saturated rings. The van der Waals surface area contributed by atoms with Gasteiger partial charge in [-0.15, -0.1) is 0 Å². The Morgan fingerprint density at radius 2 is 2.44 bits per heavy atom. The van der Waals surface area contributed by atoms with E-state index in [0.29, 0.717) is 25.6 Å². The van der Waals surface area contributed by atoms with Crippen molar-refractivity contribution in [3.63, 3.8) is 0 Å². The first kappa shape index (κ1) is 12.7. The van der Waals surface area contributed by atoms with Gasteiger partial charge in [0, 0.05) is 33.2 Å². The Hall–Kier alpha value is -1.70. The molecule has 18 heavy (non-hydrogen) atoms. The van der Waals surface area contributed by atoms with E-state index in [1.54, 1.807) is 11.7 Å². The highest BCUT2D eigenvalue weighted by molar-refractivity contribution is 5.79. The maximum Gasteiger partial charge on any atom is 0.245 e. The van der Waals surface area contributed by atoms with Crippen LogP contribution in [0.4, 0.5) is 5.95 Å². The van der Waals surface area contributed by atoms with Crippen LogP contribution in [0.2, 0.25) is 0 Å². The average molecular weight is 253 g/mol. The zero-order valence-corrected chi connectivity index (χ0v) is 10.5. The highest BCUT2D eigenvalue weighted by Crippen LogP contribution is 2.20. The normalized spacial score (nSPS) is 19.9. The van der Waals surface area contributed by atoms with E-state index in [-0.39, 0.29) is 11.8 Å². The predicted octanol–water partition coefficient (Wildman–Crippen LogP) is -1.50.